The van der Waals surface area contributed by atoms with Crippen molar-refractivity contribution in [1.82, 2.24) is 29.1 Å². The van der Waals surface area contributed by atoms with Crippen molar-refractivity contribution in [2.45, 2.75) is 43.4 Å². The van der Waals surface area contributed by atoms with Crippen molar-refractivity contribution in [2.24, 2.45) is 0 Å². The molecular formula is C20H26N6O2S. The molecule has 0 saturated carbocycles. The van der Waals surface area contributed by atoms with E-state index in [0.717, 1.165) is 80.7 Å². The van der Waals surface area contributed by atoms with Crippen LogP contribution >= 0.6 is 11.8 Å². The zero-order valence-corrected chi connectivity index (χ0v) is 17.3. The first kappa shape index (κ1) is 18.9. The number of aryl methyl sites for hydroxylation is 1. The molecule has 1 aliphatic carbocycles. The SMILES string of the molecule is O=C(CC1CSc2nc3c(c(=O)n21)CCC3)N1CCN(CCn2cccn2)CC1. The smallest absolute Gasteiger partial charge is 0.257 e. The molecule has 154 valence electrons. The Hall–Kier alpha value is -2.13. The van der Waals surface area contributed by atoms with E-state index in [-0.39, 0.29) is 17.5 Å². The lowest BCUT2D eigenvalue weighted by Gasteiger charge is -2.35. The van der Waals surface area contributed by atoms with Crippen molar-refractivity contribution in [2.75, 3.05) is 38.5 Å². The summed E-state index contributed by atoms with van der Waals surface area (Å²) in [5.41, 5.74) is 1.94. The Morgan fingerprint density at radius 1 is 1.17 bits per heavy atom. The average molecular weight is 415 g/mol. The molecule has 0 N–H and O–H groups in total. The van der Waals surface area contributed by atoms with Gasteiger partial charge in [0.2, 0.25) is 5.91 Å². The van der Waals surface area contributed by atoms with Crippen LogP contribution in [0.3, 0.4) is 0 Å². The minimum Gasteiger partial charge on any atom is -0.340 e. The van der Waals surface area contributed by atoms with Crippen LogP contribution in [0.25, 0.3) is 0 Å². The lowest BCUT2D eigenvalue weighted by molar-refractivity contribution is -0.133. The van der Waals surface area contributed by atoms with Gasteiger partial charge >= 0.3 is 0 Å². The maximum Gasteiger partial charge on any atom is 0.257 e. The first-order chi connectivity index (χ1) is 14.2. The van der Waals surface area contributed by atoms with E-state index < -0.39 is 0 Å². The predicted octanol–water partition coefficient (Wildman–Crippen LogP) is 0.810. The third kappa shape index (κ3) is 3.73. The van der Waals surface area contributed by atoms with Crippen LogP contribution in [0.5, 0.6) is 0 Å². The molecule has 4 heterocycles. The molecule has 0 spiro atoms. The van der Waals surface area contributed by atoms with E-state index in [1.807, 2.05) is 21.8 Å². The zero-order valence-electron chi connectivity index (χ0n) is 16.5. The monoisotopic (exact) mass is 414 g/mol. The quantitative estimate of drug-likeness (QED) is 0.674. The highest BCUT2D eigenvalue weighted by molar-refractivity contribution is 7.99. The standard InChI is InChI=1S/C20H26N6O2S/c27-18(24-10-7-23(8-11-24)9-12-25-6-2-5-21-25)13-15-14-29-20-22-17-4-1-3-16(17)19(28)26(15)20/h2,5-6,15H,1,3-4,7-14H2. The van der Waals surface area contributed by atoms with Gasteiger partial charge in [0, 0.05) is 62.9 Å². The summed E-state index contributed by atoms with van der Waals surface area (Å²) in [7, 11) is 0. The minimum atomic E-state index is -0.0637. The Kier molecular flexibility index (Phi) is 5.17. The number of hydrogen-bond donors (Lipinski definition) is 0. The molecule has 1 atom stereocenters. The molecular weight excluding hydrogens is 388 g/mol. The van der Waals surface area contributed by atoms with Crippen LogP contribution in [0.1, 0.15) is 30.1 Å². The van der Waals surface area contributed by atoms with Crippen LogP contribution < -0.4 is 5.56 Å². The van der Waals surface area contributed by atoms with Gasteiger partial charge in [-0.25, -0.2) is 4.98 Å². The summed E-state index contributed by atoms with van der Waals surface area (Å²) >= 11 is 1.62. The number of amides is 1. The molecule has 0 radical (unpaired) electrons. The number of fused-ring (bicyclic) bond motifs is 2. The Morgan fingerprint density at radius 3 is 2.83 bits per heavy atom. The highest BCUT2D eigenvalue weighted by Gasteiger charge is 2.32. The van der Waals surface area contributed by atoms with Crippen LogP contribution in [-0.4, -0.2) is 73.5 Å². The van der Waals surface area contributed by atoms with Crippen molar-refractivity contribution in [3.05, 3.63) is 40.1 Å². The Morgan fingerprint density at radius 2 is 2.03 bits per heavy atom. The Bertz CT molecular complexity index is 949. The van der Waals surface area contributed by atoms with Gasteiger partial charge in [-0.3, -0.25) is 23.7 Å². The van der Waals surface area contributed by atoms with Gasteiger partial charge in [0.05, 0.1) is 18.3 Å². The highest BCUT2D eigenvalue weighted by Crippen LogP contribution is 2.34. The summed E-state index contributed by atoms with van der Waals surface area (Å²) in [6, 6.07) is 1.87. The molecule has 2 aliphatic heterocycles. The normalized spacial score (nSPS) is 21.4. The molecule has 1 saturated heterocycles. The second kappa shape index (κ2) is 7.95. The van der Waals surface area contributed by atoms with Gasteiger partial charge in [0.15, 0.2) is 5.16 Å². The van der Waals surface area contributed by atoms with Crippen molar-refractivity contribution >= 4 is 17.7 Å². The predicted molar refractivity (Wildman–Crippen MR) is 110 cm³/mol. The van der Waals surface area contributed by atoms with Gasteiger partial charge in [0.25, 0.3) is 5.56 Å². The van der Waals surface area contributed by atoms with E-state index in [4.69, 9.17) is 4.98 Å². The number of aromatic nitrogens is 4. The van der Waals surface area contributed by atoms with Gasteiger partial charge in [-0.2, -0.15) is 5.10 Å². The summed E-state index contributed by atoms with van der Waals surface area (Å²) in [6.45, 7) is 5.10. The second-order valence-electron chi connectivity index (χ2n) is 8.01. The second-order valence-corrected chi connectivity index (χ2v) is 9.00. The summed E-state index contributed by atoms with van der Waals surface area (Å²) in [4.78, 5) is 34.9. The fourth-order valence-corrected chi connectivity index (χ4v) is 5.68. The molecule has 3 aliphatic rings. The van der Waals surface area contributed by atoms with Crippen LogP contribution in [0.2, 0.25) is 0 Å². The van der Waals surface area contributed by atoms with Crippen molar-refractivity contribution < 1.29 is 4.79 Å². The summed E-state index contributed by atoms with van der Waals surface area (Å²) in [6.07, 6.45) is 6.92. The average Bonchev–Trinajstić information content (AvgIpc) is 3.48. The van der Waals surface area contributed by atoms with E-state index in [1.165, 1.54) is 0 Å². The number of rotatable bonds is 5. The number of carbonyl (C=O) groups excluding carboxylic acids is 1. The molecule has 0 aromatic carbocycles. The molecule has 29 heavy (non-hydrogen) atoms. The number of carbonyl (C=O) groups is 1. The van der Waals surface area contributed by atoms with Gasteiger partial charge in [-0.1, -0.05) is 11.8 Å². The molecule has 1 unspecified atom stereocenters. The Balaban J connectivity index is 1.17. The summed E-state index contributed by atoms with van der Waals surface area (Å²) in [5.74, 6) is 0.920. The Labute approximate surface area is 173 Å². The molecule has 2 aromatic heterocycles. The zero-order chi connectivity index (χ0) is 19.8. The fraction of sp³-hybridized carbons (Fsp3) is 0.600. The van der Waals surface area contributed by atoms with Gasteiger partial charge in [-0.05, 0) is 25.3 Å². The maximum absolute atomic E-state index is 12.9. The van der Waals surface area contributed by atoms with E-state index in [2.05, 4.69) is 10.00 Å². The number of piperazine rings is 1. The number of hydrogen-bond acceptors (Lipinski definition) is 6. The van der Waals surface area contributed by atoms with Crippen LogP contribution in [-0.2, 0) is 24.2 Å². The van der Waals surface area contributed by atoms with Crippen molar-refractivity contribution in [3.8, 4) is 0 Å². The largest absolute Gasteiger partial charge is 0.340 e. The summed E-state index contributed by atoms with van der Waals surface area (Å²) in [5, 5.41) is 5.04. The molecule has 0 bridgehead atoms. The number of nitrogens with zero attached hydrogens (tertiary/aromatic N) is 6. The highest BCUT2D eigenvalue weighted by atomic mass is 32.2. The maximum atomic E-state index is 12.9. The van der Waals surface area contributed by atoms with Gasteiger partial charge in [0.1, 0.15) is 0 Å². The van der Waals surface area contributed by atoms with Gasteiger partial charge in [-0.15, -0.1) is 0 Å². The fourth-order valence-electron chi connectivity index (χ4n) is 4.53. The van der Waals surface area contributed by atoms with Crippen molar-refractivity contribution in [1.29, 1.82) is 0 Å². The van der Waals surface area contributed by atoms with Crippen LogP contribution in [0.4, 0.5) is 0 Å². The third-order valence-electron chi connectivity index (χ3n) is 6.21. The van der Waals surface area contributed by atoms with Gasteiger partial charge < -0.3 is 4.90 Å². The first-order valence-corrected chi connectivity index (χ1v) is 11.4. The molecule has 9 heteroatoms. The molecule has 5 rings (SSSR count). The van der Waals surface area contributed by atoms with Crippen molar-refractivity contribution in [3.63, 3.8) is 0 Å². The van der Waals surface area contributed by atoms with E-state index in [0.29, 0.717) is 6.42 Å². The molecule has 1 fully saturated rings. The molecule has 1 amide bonds. The van der Waals surface area contributed by atoms with E-state index >= 15 is 0 Å². The minimum absolute atomic E-state index is 0.0637. The first-order valence-electron chi connectivity index (χ1n) is 10.4. The van der Waals surface area contributed by atoms with Crippen LogP contribution in [0.15, 0.2) is 28.4 Å². The number of thioether (sulfide) groups is 1. The lowest BCUT2D eigenvalue weighted by Crippen LogP contribution is -2.49. The third-order valence-corrected chi connectivity index (χ3v) is 7.31. The van der Waals surface area contributed by atoms with E-state index in [9.17, 15) is 9.59 Å². The van der Waals surface area contributed by atoms with E-state index in [1.54, 1.807) is 22.5 Å². The summed E-state index contributed by atoms with van der Waals surface area (Å²) < 4.78 is 3.74. The lowest BCUT2D eigenvalue weighted by atomic mass is 10.1. The topological polar surface area (TPSA) is 76.3 Å². The molecule has 8 nitrogen and oxygen atoms in total. The van der Waals surface area contributed by atoms with Crippen LogP contribution in [0, 0.1) is 0 Å². The molecule has 2 aromatic rings.